The van der Waals surface area contributed by atoms with Gasteiger partial charge in [-0.25, -0.2) is 0 Å². The number of carbonyl (C=O) groups is 3. The van der Waals surface area contributed by atoms with Crippen LogP contribution < -0.4 is 0 Å². The minimum absolute atomic E-state index is 0.0876. The fourth-order valence-corrected chi connectivity index (χ4v) is 9.18. The summed E-state index contributed by atoms with van der Waals surface area (Å²) in [7, 11) is 0. The number of hydrogen-bond acceptors (Lipinski definition) is 6. The van der Waals surface area contributed by atoms with Gasteiger partial charge in [0.1, 0.15) is 13.2 Å². The van der Waals surface area contributed by atoms with E-state index in [2.05, 4.69) is 93.7 Å². The lowest BCUT2D eigenvalue weighted by Gasteiger charge is -2.18. The van der Waals surface area contributed by atoms with Crippen molar-refractivity contribution in [2.45, 2.75) is 329 Å². The summed E-state index contributed by atoms with van der Waals surface area (Å²) >= 11 is 0. The highest BCUT2D eigenvalue weighted by Crippen LogP contribution is 2.17. The molecule has 0 N–H and O–H groups in total. The van der Waals surface area contributed by atoms with Gasteiger partial charge in [-0.2, -0.15) is 0 Å². The molecule has 0 aromatic heterocycles. The van der Waals surface area contributed by atoms with Gasteiger partial charge < -0.3 is 14.2 Å². The van der Waals surface area contributed by atoms with E-state index in [9.17, 15) is 14.4 Å². The van der Waals surface area contributed by atoms with Gasteiger partial charge in [-0.05, 0) is 83.5 Å². The van der Waals surface area contributed by atoms with E-state index in [1.54, 1.807) is 0 Å². The van der Waals surface area contributed by atoms with E-state index in [-0.39, 0.29) is 31.1 Å². The van der Waals surface area contributed by atoms with E-state index in [0.717, 1.165) is 128 Å². The Balaban J connectivity index is 4.27. The van der Waals surface area contributed by atoms with Crippen molar-refractivity contribution in [2.24, 2.45) is 0 Å². The average molecular weight is 1030 g/mol. The fraction of sp³-hybridized carbons (Fsp3) is 0.779. The van der Waals surface area contributed by atoms with Crippen LogP contribution in [0.25, 0.3) is 0 Å². The van der Waals surface area contributed by atoms with Gasteiger partial charge in [-0.3, -0.25) is 14.4 Å². The molecule has 0 aliphatic carbocycles. The molecule has 0 saturated heterocycles. The van der Waals surface area contributed by atoms with E-state index in [1.807, 2.05) is 0 Å². The highest BCUT2D eigenvalue weighted by Gasteiger charge is 2.19. The first-order valence-corrected chi connectivity index (χ1v) is 31.9. The summed E-state index contributed by atoms with van der Waals surface area (Å²) in [5.74, 6) is -0.913. The highest BCUT2D eigenvalue weighted by molar-refractivity contribution is 5.71. The summed E-state index contributed by atoms with van der Waals surface area (Å²) in [4.78, 5) is 38.2. The molecule has 0 radical (unpaired) electrons. The monoisotopic (exact) mass is 1030 g/mol. The van der Waals surface area contributed by atoms with Gasteiger partial charge in [-0.1, -0.05) is 293 Å². The van der Waals surface area contributed by atoms with Crippen molar-refractivity contribution < 1.29 is 28.6 Å². The third-order valence-corrected chi connectivity index (χ3v) is 13.9. The summed E-state index contributed by atoms with van der Waals surface area (Å²) in [6.07, 6.45) is 80.6. The quantitative estimate of drug-likeness (QED) is 0.0261. The first kappa shape index (κ1) is 70.8. The third kappa shape index (κ3) is 59.7. The lowest BCUT2D eigenvalue weighted by molar-refractivity contribution is -0.167. The van der Waals surface area contributed by atoms with Crippen LogP contribution in [0.5, 0.6) is 0 Å². The molecular formula is C68H120O6. The second kappa shape index (κ2) is 62.4. The molecule has 0 aromatic rings. The largest absolute Gasteiger partial charge is 0.462 e. The molecule has 0 aromatic carbocycles. The van der Waals surface area contributed by atoms with Crippen LogP contribution in [0.3, 0.4) is 0 Å². The van der Waals surface area contributed by atoms with Crippen LogP contribution in [0.1, 0.15) is 323 Å². The smallest absolute Gasteiger partial charge is 0.306 e. The van der Waals surface area contributed by atoms with Crippen LogP contribution in [0.4, 0.5) is 0 Å². The maximum absolute atomic E-state index is 12.9. The molecule has 0 saturated carbocycles. The zero-order valence-corrected chi connectivity index (χ0v) is 49.1. The number of unbranched alkanes of at least 4 members (excludes halogenated alkanes) is 35. The maximum Gasteiger partial charge on any atom is 0.306 e. The Morgan fingerprint density at radius 3 is 0.878 bits per heavy atom. The lowest BCUT2D eigenvalue weighted by Crippen LogP contribution is -2.30. The first-order valence-electron chi connectivity index (χ1n) is 31.9. The zero-order chi connectivity index (χ0) is 53.6. The first-order chi connectivity index (χ1) is 36.5. The lowest BCUT2D eigenvalue weighted by atomic mass is 10.0. The van der Waals surface area contributed by atoms with Crippen molar-refractivity contribution >= 4 is 17.9 Å². The van der Waals surface area contributed by atoms with Crippen LogP contribution in [0.2, 0.25) is 0 Å². The molecule has 0 aliphatic heterocycles. The number of carbonyl (C=O) groups excluding carboxylic acids is 3. The summed E-state index contributed by atoms with van der Waals surface area (Å²) in [5.41, 5.74) is 0. The minimum Gasteiger partial charge on any atom is -0.462 e. The maximum atomic E-state index is 12.9. The standard InChI is InChI=1S/C68H120O6/c1-4-7-10-13-16-19-22-25-27-29-30-31-32-33-34-35-36-37-39-40-43-46-49-52-55-58-61-67(70)73-64-65(63-72-66(69)60-57-54-51-48-45-42-24-21-18-15-12-9-6-3)74-68(71)62-59-56-53-50-47-44-41-38-28-26-23-20-17-14-11-8-5-2/h8,11-12,15,17,20-21,24,26,28,41,44,65H,4-7,9-10,13-14,16,18-19,22-23,25,27,29-40,42-43,45-64H2,1-3H3/b11-8-,15-12-,20-17-,24-21-,28-26-,44-41-. The van der Waals surface area contributed by atoms with Gasteiger partial charge in [0.05, 0.1) is 0 Å². The molecule has 0 aliphatic rings. The summed E-state index contributed by atoms with van der Waals surface area (Å²) in [6.45, 7) is 6.47. The average Bonchev–Trinajstić information content (AvgIpc) is 3.40. The Labute approximate surface area is 459 Å². The fourth-order valence-electron chi connectivity index (χ4n) is 9.18. The van der Waals surface area contributed by atoms with Crippen molar-refractivity contribution in [3.8, 4) is 0 Å². The minimum atomic E-state index is -0.794. The molecule has 1 atom stereocenters. The Morgan fingerprint density at radius 2 is 0.554 bits per heavy atom. The van der Waals surface area contributed by atoms with Crippen LogP contribution in [-0.2, 0) is 28.6 Å². The molecule has 6 heteroatoms. The van der Waals surface area contributed by atoms with Crippen molar-refractivity contribution in [1.29, 1.82) is 0 Å². The van der Waals surface area contributed by atoms with Gasteiger partial charge in [0.25, 0.3) is 0 Å². The van der Waals surface area contributed by atoms with Gasteiger partial charge >= 0.3 is 17.9 Å². The van der Waals surface area contributed by atoms with Gasteiger partial charge in [0.15, 0.2) is 6.10 Å². The number of ether oxygens (including phenoxy) is 3. The predicted molar refractivity (Wildman–Crippen MR) is 321 cm³/mol. The van der Waals surface area contributed by atoms with E-state index in [4.69, 9.17) is 14.2 Å². The molecule has 6 nitrogen and oxygen atoms in total. The molecular weight excluding hydrogens is 913 g/mol. The number of rotatable bonds is 58. The molecule has 0 rings (SSSR count). The summed E-state index contributed by atoms with van der Waals surface area (Å²) in [6, 6.07) is 0. The molecule has 0 heterocycles. The van der Waals surface area contributed by atoms with Gasteiger partial charge in [0.2, 0.25) is 0 Å². The molecule has 0 spiro atoms. The van der Waals surface area contributed by atoms with Crippen molar-refractivity contribution in [3.63, 3.8) is 0 Å². The van der Waals surface area contributed by atoms with Gasteiger partial charge in [0, 0.05) is 19.3 Å². The second-order valence-corrected chi connectivity index (χ2v) is 21.3. The summed E-state index contributed by atoms with van der Waals surface area (Å²) < 4.78 is 16.9. The van der Waals surface area contributed by atoms with Crippen LogP contribution >= 0.6 is 0 Å². The third-order valence-electron chi connectivity index (χ3n) is 13.9. The van der Waals surface area contributed by atoms with E-state index in [0.29, 0.717) is 19.3 Å². The van der Waals surface area contributed by atoms with Crippen molar-refractivity contribution in [1.82, 2.24) is 0 Å². The van der Waals surface area contributed by atoms with E-state index in [1.165, 1.54) is 154 Å². The predicted octanol–water partition coefficient (Wildman–Crippen LogP) is 21.7. The molecule has 74 heavy (non-hydrogen) atoms. The molecule has 428 valence electrons. The van der Waals surface area contributed by atoms with Crippen molar-refractivity contribution in [3.05, 3.63) is 72.9 Å². The van der Waals surface area contributed by atoms with Crippen molar-refractivity contribution in [2.75, 3.05) is 13.2 Å². The zero-order valence-electron chi connectivity index (χ0n) is 49.1. The Kier molecular flexibility index (Phi) is 59.7. The topological polar surface area (TPSA) is 78.9 Å². The Bertz CT molecular complexity index is 1370. The van der Waals surface area contributed by atoms with Crippen LogP contribution in [-0.4, -0.2) is 37.2 Å². The highest BCUT2D eigenvalue weighted by atomic mass is 16.6. The second-order valence-electron chi connectivity index (χ2n) is 21.3. The number of esters is 3. The molecule has 0 amide bonds. The molecule has 0 bridgehead atoms. The Morgan fingerprint density at radius 1 is 0.284 bits per heavy atom. The Hall–Kier alpha value is -3.15. The van der Waals surface area contributed by atoms with Gasteiger partial charge in [-0.15, -0.1) is 0 Å². The molecule has 0 fully saturated rings. The van der Waals surface area contributed by atoms with E-state index < -0.39 is 6.10 Å². The van der Waals surface area contributed by atoms with Crippen LogP contribution in [0.15, 0.2) is 72.9 Å². The number of hydrogen-bond donors (Lipinski definition) is 0. The summed E-state index contributed by atoms with van der Waals surface area (Å²) in [5, 5.41) is 0. The van der Waals surface area contributed by atoms with Crippen LogP contribution in [0, 0.1) is 0 Å². The normalized spacial score (nSPS) is 12.5. The SMILES string of the molecule is CC/C=C\C/C=C\C/C=C\C/C=C\CCCCCCC(=O)OC(COC(=O)CCCCCCC/C=C\C/C=C\CCC)COC(=O)CCCCCCCCCCCCCCCCCCCCCCCCCCCC. The van der Waals surface area contributed by atoms with E-state index >= 15 is 0 Å². The molecule has 1 unspecified atom stereocenters. The number of allylic oxidation sites excluding steroid dienone is 12.